The van der Waals surface area contributed by atoms with Gasteiger partial charge in [-0.1, -0.05) is 25.5 Å². The van der Waals surface area contributed by atoms with E-state index in [1.54, 1.807) is 13.8 Å². The van der Waals surface area contributed by atoms with Crippen LogP contribution in [0.3, 0.4) is 0 Å². The van der Waals surface area contributed by atoms with Crippen LogP contribution < -0.4 is 5.32 Å². The van der Waals surface area contributed by atoms with Gasteiger partial charge >= 0.3 is 5.97 Å². The molecular weight excluding hydrogens is 230 g/mol. The molecule has 0 aromatic carbocycles. The summed E-state index contributed by atoms with van der Waals surface area (Å²) in [5.41, 5.74) is 1.43. The number of hydrogen-bond acceptors (Lipinski definition) is 3. The number of carbonyl (C=O) groups excluding carboxylic acids is 2. The Hall–Kier alpha value is -1.32. The average Bonchev–Trinajstić information content (AvgIpc) is 2.37. The van der Waals surface area contributed by atoms with Crippen LogP contribution in [0.5, 0.6) is 0 Å². The van der Waals surface area contributed by atoms with Crippen molar-refractivity contribution >= 4 is 11.9 Å². The number of rotatable bonds is 6. The molecule has 0 fully saturated rings. The van der Waals surface area contributed by atoms with Gasteiger partial charge in [0, 0.05) is 6.54 Å². The van der Waals surface area contributed by atoms with E-state index in [9.17, 15) is 9.59 Å². The van der Waals surface area contributed by atoms with Gasteiger partial charge in [0.2, 0.25) is 0 Å². The summed E-state index contributed by atoms with van der Waals surface area (Å²) in [6.07, 6.45) is 8.03. The zero-order chi connectivity index (χ0) is 13.4. The molecule has 0 bridgehead atoms. The van der Waals surface area contributed by atoms with Crippen molar-refractivity contribution in [1.82, 2.24) is 5.32 Å². The van der Waals surface area contributed by atoms with Gasteiger partial charge in [0.15, 0.2) is 6.61 Å². The monoisotopic (exact) mass is 253 g/mol. The van der Waals surface area contributed by atoms with Crippen molar-refractivity contribution in [3.63, 3.8) is 0 Å². The van der Waals surface area contributed by atoms with Crippen LogP contribution in [0, 0.1) is 5.92 Å². The second kappa shape index (κ2) is 7.90. The van der Waals surface area contributed by atoms with Crippen molar-refractivity contribution < 1.29 is 14.3 Å². The normalized spacial score (nSPS) is 15.2. The van der Waals surface area contributed by atoms with Gasteiger partial charge in [0.05, 0.1) is 5.92 Å². The van der Waals surface area contributed by atoms with Gasteiger partial charge in [-0.25, -0.2) is 0 Å². The molecule has 0 aliphatic heterocycles. The Labute approximate surface area is 109 Å². The Morgan fingerprint density at radius 1 is 1.39 bits per heavy atom. The van der Waals surface area contributed by atoms with Gasteiger partial charge in [-0.3, -0.25) is 9.59 Å². The summed E-state index contributed by atoms with van der Waals surface area (Å²) >= 11 is 0. The van der Waals surface area contributed by atoms with Crippen LogP contribution in [0.4, 0.5) is 0 Å². The third-order valence-corrected chi connectivity index (χ3v) is 2.97. The largest absolute Gasteiger partial charge is 0.455 e. The molecule has 1 amide bonds. The van der Waals surface area contributed by atoms with Crippen LogP contribution in [-0.2, 0) is 14.3 Å². The molecule has 102 valence electrons. The van der Waals surface area contributed by atoms with Crippen molar-refractivity contribution in [3.8, 4) is 0 Å². The number of esters is 1. The van der Waals surface area contributed by atoms with Crippen LogP contribution in [0.25, 0.3) is 0 Å². The smallest absolute Gasteiger partial charge is 0.308 e. The Kier molecular flexibility index (Phi) is 6.47. The van der Waals surface area contributed by atoms with Crippen LogP contribution in [-0.4, -0.2) is 25.0 Å². The van der Waals surface area contributed by atoms with Gasteiger partial charge in [-0.2, -0.15) is 0 Å². The summed E-state index contributed by atoms with van der Waals surface area (Å²) in [4.78, 5) is 22.6. The highest BCUT2D eigenvalue weighted by molar-refractivity contribution is 5.80. The Bertz CT molecular complexity index is 321. The van der Waals surface area contributed by atoms with E-state index < -0.39 is 0 Å². The van der Waals surface area contributed by atoms with Gasteiger partial charge in [-0.05, 0) is 32.1 Å². The van der Waals surface area contributed by atoms with Gasteiger partial charge in [-0.15, -0.1) is 0 Å². The number of hydrogen-bond donors (Lipinski definition) is 1. The highest BCUT2D eigenvalue weighted by atomic mass is 16.5. The molecule has 1 rings (SSSR count). The third-order valence-electron chi connectivity index (χ3n) is 2.97. The van der Waals surface area contributed by atoms with Crippen molar-refractivity contribution in [1.29, 1.82) is 0 Å². The first-order chi connectivity index (χ1) is 8.59. The summed E-state index contributed by atoms with van der Waals surface area (Å²) < 4.78 is 4.84. The minimum Gasteiger partial charge on any atom is -0.455 e. The Morgan fingerprint density at radius 3 is 2.78 bits per heavy atom. The zero-order valence-corrected chi connectivity index (χ0v) is 11.3. The molecule has 4 heteroatoms. The topological polar surface area (TPSA) is 55.4 Å². The molecule has 0 aromatic heterocycles. The van der Waals surface area contributed by atoms with Crippen LogP contribution in [0.15, 0.2) is 11.6 Å². The van der Waals surface area contributed by atoms with Crippen LogP contribution in [0.1, 0.15) is 46.0 Å². The second-order valence-electron chi connectivity index (χ2n) is 4.97. The molecule has 0 unspecified atom stereocenters. The molecule has 1 N–H and O–H groups in total. The first kappa shape index (κ1) is 14.7. The van der Waals surface area contributed by atoms with E-state index in [-0.39, 0.29) is 24.4 Å². The SMILES string of the molecule is CC(C)C(=O)OCC(=O)NCCC1=CCCCC1. The molecule has 18 heavy (non-hydrogen) atoms. The van der Waals surface area contributed by atoms with E-state index in [0.717, 1.165) is 19.3 Å². The third kappa shape index (κ3) is 5.84. The van der Waals surface area contributed by atoms with Gasteiger partial charge < -0.3 is 10.1 Å². The van der Waals surface area contributed by atoms with E-state index in [0.29, 0.717) is 6.54 Å². The van der Waals surface area contributed by atoms with E-state index in [2.05, 4.69) is 11.4 Å². The number of nitrogens with one attached hydrogen (secondary N) is 1. The predicted molar refractivity (Wildman–Crippen MR) is 70.0 cm³/mol. The lowest BCUT2D eigenvalue weighted by molar-refractivity contribution is -0.151. The zero-order valence-electron chi connectivity index (χ0n) is 11.3. The molecule has 1 aliphatic rings. The number of ether oxygens (including phenoxy) is 1. The fourth-order valence-electron chi connectivity index (χ4n) is 1.85. The molecule has 0 heterocycles. The molecule has 0 saturated heterocycles. The van der Waals surface area contributed by atoms with Gasteiger partial charge in [0.1, 0.15) is 0 Å². The maximum absolute atomic E-state index is 11.4. The molecule has 1 aliphatic carbocycles. The predicted octanol–water partition coefficient (Wildman–Crippen LogP) is 2.19. The minimum atomic E-state index is -0.333. The standard InChI is InChI=1S/C14H23NO3/c1-11(2)14(17)18-10-13(16)15-9-8-12-6-4-3-5-7-12/h6,11H,3-5,7-10H2,1-2H3,(H,15,16). The summed E-state index contributed by atoms with van der Waals surface area (Å²) in [7, 11) is 0. The van der Waals surface area contributed by atoms with Crippen molar-refractivity contribution in [2.24, 2.45) is 5.92 Å². The first-order valence-electron chi connectivity index (χ1n) is 6.71. The highest BCUT2D eigenvalue weighted by Crippen LogP contribution is 2.19. The van der Waals surface area contributed by atoms with E-state index >= 15 is 0 Å². The minimum absolute atomic E-state index is 0.171. The molecule has 0 spiro atoms. The molecule has 0 aromatic rings. The van der Waals surface area contributed by atoms with E-state index in [1.165, 1.54) is 18.4 Å². The van der Waals surface area contributed by atoms with Crippen LogP contribution in [0.2, 0.25) is 0 Å². The van der Waals surface area contributed by atoms with Crippen LogP contribution >= 0.6 is 0 Å². The lowest BCUT2D eigenvalue weighted by Gasteiger charge is -2.13. The summed E-state index contributed by atoms with van der Waals surface area (Å²) in [6.45, 7) is 3.95. The molecule has 0 saturated carbocycles. The molecule has 0 atom stereocenters. The Balaban J connectivity index is 2.10. The summed E-state index contributed by atoms with van der Waals surface area (Å²) in [6, 6.07) is 0. The number of carbonyl (C=O) groups is 2. The quantitative estimate of drug-likeness (QED) is 0.583. The van der Waals surface area contributed by atoms with Crippen molar-refractivity contribution in [2.45, 2.75) is 46.0 Å². The maximum atomic E-state index is 11.4. The number of amides is 1. The van der Waals surface area contributed by atoms with Gasteiger partial charge in [0.25, 0.3) is 5.91 Å². The maximum Gasteiger partial charge on any atom is 0.308 e. The average molecular weight is 253 g/mol. The fraction of sp³-hybridized carbons (Fsp3) is 0.714. The lowest BCUT2D eigenvalue weighted by Crippen LogP contribution is -2.30. The molecule has 4 nitrogen and oxygen atoms in total. The fourth-order valence-corrected chi connectivity index (χ4v) is 1.85. The Morgan fingerprint density at radius 2 is 2.17 bits per heavy atom. The second-order valence-corrected chi connectivity index (χ2v) is 4.97. The van der Waals surface area contributed by atoms with E-state index in [4.69, 9.17) is 4.74 Å². The summed E-state index contributed by atoms with van der Waals surface area (Å²) in [5.74, 6) is -0.745. The van der Waals surface area contributed by atoms with E-state index in [1.807, 2.05) is 0 Å². The molecular formula is C14H23NO3. The highest BCUT2D eigenvalue weighted by Gasteiger charge is 2.11. The number of allylic oxidation sites excluding steroid dienone is 1. The molecule has 0 radical (unpaired) electrons. The first-order valence-corrected chi connectivity index (χ1v) is 6.71. The summed E-state index contributed by atoms with van der Waals surface area (Å²) in [5, 5.41) is 2.77. The lowest BCUT2D eigenvalue weighted by atomic mass is 9.97. The van der Waals surface area contributed by atoms with Crippen molar-refractivity contribution in [3.05, 3.63) is 11.6 Å². The van der Waals surface area contributed by atoms with Crippen molar-refractivity contribution in [2.75, 3.05) is 13.2 Å².